The Morgan fingerprint density at radius 3 is 1.07 bits per heavy atom. The van der Waals surface area contributed by atoms with Crippen molar-refractivity contribution in [2.24, 2.45) is 0 Å². The van der Waals surface area contributed by atoms with Gasteiger partial charge in [0.2, 0.25) is 0 Å². The summed E-state index contributed by atoms with van der Waals surface area (Å²) >= 11 is 3.65. The van der Waals surface area contributed by atoms with Crippen LogP contribution in [-0.4, -0.2) is 29.9 Å². The first-order valence-corrected chi connectivity index (χ1v) is 40.7. The molecule has 10 heteroatoms. The monoisotopic (exact) mass is 1510 g/mol. The van der Waals surface area contributed by atoms with Crippen molar-refractivity contribution >= 4 is 29.1 Å². The molecule has 540 valence electrons. The van der Waals surface area contributed by atoms with E-state index in [2.05, 4.69) is 285 Å². The number of hydrogen-bond acceptors (Lipinski definition) is 10. The van der Waals surface area contributed by atoms with Gasteiger partial charge in [-0.1, -0.05) is 351 Å². The zero-order valence-electron chi connectivity index (χ0n) is 62.4. The number of aromatic nitrogens is 6. The lowest BCUT2D eigenvalue weighted by Crippen LogP contribution is -2.34. The van der Waals surface area contributed by atoms with Crippen molar-refractivity contribution in [2.45, 2.75) is 43.3 Å². The third-order valence-corrected chi connectivity index (χ3v) is 26.3. The van der Waals surface area contributed by atoms with E-state index in [-0.39, 0.29) is 0 Å². The van der Waals surface area contributed by atoms with Gasteiger partial charge >= 0.3 is 0 Å². The molecule has 0 saturated carbocycles. The number of nitriles is 2. The zero-order chi connectivity index (χ0) is 77.0. The summed E-state index contributed by atoms with van der Waals surface area (Å²) in [5.74, 6) is 3.56. The summed E-state index contributed by atoms with van der Waals surface area (Å²) in [6, 6.07) is 130. The van der Waals surface area contributed by atoms with Gasteiger partial charge in [-0.25, -0.2) is 29.9 Å². The number of nitrogens with zero attached hydrogens (tertiary/aromatic N) is 8. The summed E-state index contributed by atoms with van der Waals surface area (Å²) in [6.45, 7) is 0. The van der Waals surface area contributed by atoms with Crippen LogP contribution in [0.4, 0.5) is 0 Å². The van der Waals surface area contributed by atoms with Crippen LogP contribution in [-0.2, 0) is 10.8 Å². The molecule has 116 heavy (non-hydrogen) atoms. The fourth-order valence-electron chi connectivity index (χ4n) is 18.5. The van der Waals surface area contributed by atoms with Crippen LogP contribution in [0.1, 0.15) is 68.5 Å². The van der Waals surface area contributed by atoms with Crippen molar-refractivity contribution in [1.29, 1.82) is 10.5 Å². The van der Waals surface area contributed by atoms with Crippen molar-refractivity contribution in [3.8, 4) is 147 Å². The molecule has 0 saturated heterocycles. The molecule has 0 radical (unpaired) electrons. The first kappa shape index (κ1) is 68.3. The highest BCUT2D eigenvalue weighted by Gasteiger charge is 2.54. The Morgan fingerprint density at radius 2 is 0.569 bits per heavy atom. The lowest BCUT2D eigenvalue weighted by atomic mass is 9.64. The highest BCUT2D eigenvalue weighted by atomic mass is 32.2. The molecule has 17 aromatic rings. The second-order valence-electron chi connectivity index (χ2n) is 29.9. The molecule has 2 spiro atoms. The highest BCUT2D eigenvalue weighted by Crippen LogP contribution is 2.67. The molecule has 0 amide bonds. The molecular weight excluding hydrogens is 1450 g/mol. The summed E-state index contributed by atoms with van der Waals surface area (Å²) in [6.07, 6.45) is 6.50. The van der Waals surface area contributed by atoms with Crippen LogP contribution in [0.15, 0.2) is 389 Å². The first-order chi connectivity index (χ1) is 57.4. The first-order valence-electron chi connectivity index (χ1n) is 39.0. The minimum Gasteiger partial charge on any atom is -0.208 e. The fourth-order valence-corrected chi connectivity index (χ4v) is 21.4. The van der Waals surface area contributed by atoms with Crippen LogP contribution in [0, 0.1) is 22.7 Å². The quantitative estimate of drug-likeness (QED) is 0.124. The third kappa shape index (κ3) is 10.9. The minimum atomic E-state index is -0.700. The normalized spacial score (nSPS) is 14.6. The lowest BCUT2D eigenvalue weighted by molar-refractivity contribution is 0.665. The van der Waals surface area contributed by atoms with Crippen LogP contribution in [0.2, 0.25) is 0 Å². The van der Waals surface area contributed by atoms with Gasteiger partial charge in [0.05, 0.1) is 34.1 Å². The van der Waals surface area contributed by atoms with Crippen molar-refractivity contribution < 1.29 is 0 Å². The van der Waals surface area contributed by atoms with E-state index >= 15 is 0 Å². The van der Waals surface area contributed by atoms with Crippen molar-refractivity contribution in [3.63, 3.8) is 0 Å². The SMILES string of the molecule is N#Cc1ccc(-c2ccc(-c3cccc4c3Sc3c(-c5nc(-c6ccccc6)nc(-c6ccccc6)n5)cccc3C43C4=C(C=CCC4)c4cc(-c5ccc(-c6nc(-c7ccccc7)nc(-c7cccc(-c8cccc9c8Sc8c(-c%10ccc(C#N)cc%10)cccc8C98c9ccccc9-c9ccccc98)c7)n6)cc5)ccc43)cc2)cc1. The predicted molar refractivity (Wildman–Crippen MR) is 466 cm³/mol. The summed E-state index contributed by atoms with van der Waals surface area (Å²) in [5.41, 5.74) is 31.2. The van der Waals surface area contributed by atoms with Gasteiger partial charge in [0.25, 0.3) is 0 Å². The van der Waals surface area contributed by atoms with Crippen LogP contribution in [0.25, 0.3) is 141 Å². The van der Waals surface area contributed by atoms with Crippen molar-refractivity contribution in [1.82, 2.24) is 29.9 Å². The summed E-state index contributed by atoms with van der Waals surface area (Å²) in [5, 5.41) is 19.5. The van der Waals surface area contributed by atoms with Crippen molar-refractivity contribution in [3.05, 3.63) is 425 Å². The summed E-state index contributed by atoms with van der Waals surface area (Å²) in [7, 11) is 0. The molecule has 1 atom stereocenters. The van der Waals surface area contributed by atoms with Crippen LogP contribution in [0.5, 0.6) is 0 Å². The molecule has 3 aliphatic carbocycles. The Balaban J connectivity index is 0.659. The molecular formula is C106H64N8S2. The van der Waals surface area contributed by atoms with E-state index in [9.17, 15) is 10.5 Å². The second-order valence-corrected chi connectivity index (χ2v) is 32.0. The Kier molecular flexibility index (Phi) is 16.3. The van der Waals surface area contributed by atoms with E-state index in [1.807, 2.05) is 115 Å². The van der Waals surface area contributed by atoms with E-state index in [0.29, 0.717) is 46.1 Å². The van der Waals surface area contributed by atoms with E-state index in [1.165, 1.54) is 81.5 Å². The van der Waals surface area contributed by atoms with Crippen LogP contribution >= 0.6 is 23.5 Å². The molecule has 22 rings (SSSR count). The van der Waals surface area contributed by atoms with Gasteiger partial charge in [0.1, 0.15) is 0 Å². The second kappa shape index (κ2) is 27.7. The Hall–Kier alpha value is -14.5. The predicted octanol–water partition coefficient (Wildman–Crippen LogP) is 25.9. The van der Waals surface area contributed by atoms with E-state index in [0.717, 1.165) is 107 Å². The number of rotatable bonds is 11. The maximum Gasteiger partial charge on any atom is 0.165 e. The largest absolute Gasteiger partial charge is 0.208 e. The molecule has 1 unspecified atom stereocenters. The average Bonchev–Trinajstić information content (AvgIpc) is 1.50. The zero-order valence-corrected chi connectivity index (χ0v) is 64.1. The van der Waals surface area contributed by atoms with Gasteiger partial charge in [-0.15, -0.1) is 0 Å². The van der Waals surface area contributed by atoms with Gasteiger partial charge in [0, 0.05) is 53.0 Å². The van der Waals surface area contributed by atoms with E-state index < -0.39 is 10.8 Å². The number of allylic oxidation sites excluding steroid dienone is 4. The van der Waals surface area contributed by atoms with Gasteiger partial charge in [-0.2, -0.15) is 10.5 Å². The summed E-state index contributed by atoms with van der Waals surface area (Å²) in [4.78, 5) is 36.7. The molecule has 15 aromatic carbocycles. The van der Waals surface area contributed by atoms with Crippen molar-refractivity contribution in [2.75, 3.05) is 0 Å². The number of hydrogen-bond donors (Lipinski definition) is 0. The van der Waals surface area contributed by atoms with Gasteiger partial charge in [-0.05, 0) is 172 Å². The number of fused-ring (bicyclic) bond motifs is 17. The van der Waals surface area contributed by atoms with Gasteiger partial charge in [-0.3, -0.25) is 0 Å². The topological polar surface area (TPSA) is 125 Å². The lowest BCUT2D eigenvalue weighted by Gasteiger charge is -2.42. The molecule has 0 bridgehead atoms. The van der Waals surface area contributed by atoms with E-state index in [1.54, 1.807) is 0 Å². The molecule has 2 aromatic heterocycles. The maximum absolute atomic E-state index is 9.89. The fraction of sp³-hybridized carbons (Fsp3) is 0.0377. The Morgan fingerprint density at radius 1 is 0.241 bits per heavy atom. The number of benzene rings is 15. The average molecular weight is 1510 g/mol. The standard InChI is InChI=1S/C106H64N8S2/c107-63-65-43-47-67(48-44-65)68-51-55-71(56-52-68)80-33-18-40-92-96(80)116-98-85(104-113-100(73-23-6-2-7-24-73)110-101(114-104)74-25-8-3-9-26-74)35-20-42-94(98)106(92)89-38-15-12-31-84(89)86-62-76(59-60-90(86)106)69-53-57-75(58-54-69)102-109-99(72-21-4-1-5-22-72)111-103(112-102)78-28-16-27-77(61-78)81-34-19-41-93-97(81)115-95-79(70-49-45-66(64-108)46-50-70)32-17-39-91(95)105(93)87-36-13-10-29-82(87)83-30-11-14-37-88(83)105/h1-14,16-37,39-62H,15,38H2. The highest BCUT2D eigenvalue weighted by molar-refractivity contribution is 8.00. The molecule has 5 aliphatic rings. The molecule has 8 nitrogen and oxygen atoms in total. The molecule has 0 N–H and O–H groups in total. The van der Waals surface area contributed by atoms with Crippen LogP contribution in [0.3, 0.4) is 0 Å². The maximum atomic E-state index is 9.89. The third-order valence-electron chi connectivity index (χ3n) is 23.8. The van der Waals surface area contributed by atoms with Gasteiger partial charge < -0.3 is 0 Å². The molecule has 2 aliphatic heterocycles. The minimum absolute atomic E-state index is 0.571. The Bertz CT molecular complexity index is 6960. The molecule has 0 fully saturated rings. The smallest absolute Gasteiger partial charge is 0.165 e. The molecule has 4 heterocycles. The van der Waals surface area contributed by atoms with E-state index in [4.69, 9.17) is 29.9 Å². The Labute approximate surface area is 680 Å². The van der Waals surface area contributed by atoms with Gasteiger partial charge in [0.15, 0.2) is 34.9 Å². The summed E-state index contributed by atoms with van der Waals surface area (Å²) < 4.78 is 0. The van der Waals surface area contributed by atoms with Crippen LogP contribution < -0.4 is 0 Å².